The molecule has 1 unspecified atom stereocenters. The summed E-state index contributed by atoms with van der Waals surface area (Å²) >= 11 is 0. The van der Waals surface area contributed by atoms with Crippen LogP contribution in [0.1, 0.15) is 44.2 Å². The molecule has 2 heterocycles. The molecule has 6 nitrogen and oxygen atoms in total. The maximum absolute atomic E-state index is 13.4. The minimum atomic E-state index is -0.202. The Kier molecular flexibility index (Phi) is 12.7. The summed E-state index contributed by atoms with van der Waals surface area (Å²) in [7, 11) is 0. The lowest BCUT2D eigenvalue weighted by molar-refractivity contribution is 0.0179. The molecule has 1 aromatic carbocycles. The van der Waals surface area contributed by atoms with Crippen molar-refractivity contribution in [1.82, 2.24) is 20.4 Å². The van der Waals surface area contributed by atoms with Gasteiger partial charge in [-0.3, -0.25) is 9.89 Å². The lowest BCUT2D eigenvalue weighted by Crippen LogP contribution is -2.42. The van der Waals surface area contributed by atoms with E-state index >= 15 is 0 Å². The van der Waals surface area contributed by atoms with Crippen molar-refractivity contribution < 1.29 is 9.13 Å². The molecule has 0 radical (unpaired) electrons. The average Bonchev–Trinajstić information content (AvgIpc) is 3.29. The standard InChI is InChI=1S/C23H38FN5O.HI/c1-2-25-23(26-11-3-4-12-28-13-5-6-14-28)27-19-22(29-15-17-30-18-16-29)20-7-9-21(24)10-8-20;/h7-10,22H,2-6,11-19H2,1H3,(H2,25,26,27);1H. The molecule has 2 fully saturated rings. The molecule has 0 spiro atoms. The molecule has 31 heavy (non-hydrogen) atoms. The van der Waals surface area contributed by atoms with Gasteiger partial charge in [-0.2, -0.15) is 0 Å². The summed E-state index contributed by atoms with van der Waals surface area (Å²) in [6.07, 6.45) is 5.08. The Bertz CT molecular complexity index is 633. The van der Waals surface area contributed by atoms with Crippen LogP contribution < -0.4 is 10.6 Å². The van der Waals surface area contributed by atoms with Gasteiger partial charge in [0.1, 0.15) is 5.82 Å². The van der Waals surface area contributed by atoms with Crippen LogP contribution in [0.2, 0.25) is 0 Å². The number of benzene rings is 1. The Labute approximate surface area is 204 Å². The van der Waals surface area contributed by atoms with Crippen molar-refractivity contribution in [2.24, 2.45) is 4.99 Å². The highest BCUT2D eigenvalue weighted by atomic mass is 127. The van der Waals surface area contributed by atoms with Gasteiger partial charge in [-0.1, -0.05) is 12.1 Å². The van der Waals surface area contributed by atoms with E-state index in [9.17, 15) is 4.39 Å². The van der Waals surface area contributed by atoms with Gasteiger partial charge < -0.3 is 20.3 Å². The Morgan fingerprint density at radius 1 is 1.06 bits per heavy atom. The molecule has 0 aromatic heterocycles. The number of likely N-dealkylation sites (tertiary alicyclic amines) is 1. The number of nitrogens with one attached hydrogen (secondary N) is 2. The van der Waals surface area contributed by atoms with Crippen molar-refractivity contribution in [3.63, 3.8) is 0 Å². The van der Waals surface area contributed by atoms with Crippen molar-refractivity contribution in [2.45, 2.75) is 38.6 Å². The van der Waals surface area contributed by atoms with Crippen LogP contribution in [-0.2, 0) is 4.74 Å². The quantitative estimate of drug-likeness (QED) is 0.204. The van der Waals surface area contributed by atoms with E-state index in [4.69, 9.17) is 9.73 Å². The molecular formula is C23H39FIN5O. The monoisotopic (exact) mass is 547 g/mol. The van der Waals surface area contributed by atoms with Gasteiger partial charge >= 0.3 is 0 Å². The maximum atomic E-state index is 13.4. The van der Waals surface area contributed by atoms with Crippen LogP contribution in [0.15, 0.2) is 29.3 Å². The van der Waals surface area contributed by atoms with Gasteiger partial charge in [0.15, 0.2) is 5.96 Å². The second-order valence-corrected chi connectivity index (χ2v) is 8.12. The number of ether oxygens (including phenoxy) is 1. The minimum absolute atomic E-state index is 0. The van der Waals surface area contributed by atoms with Crippen molar-refractivity contribution in [3.05, 3.63) is 35.6 Å². The van der Waals surface area contributed by atoms with E-state index in [-0.39, 0.29) is 35.8 Å². The zero-order chi connectivity index (χ0) is 21.0. The number of unbranched alkanes of at least 4 members (excludes halogenated alkanes) is 1. The van der Waals surface area contributed by atoms with Gasteiger partial charge in [0, 0.05) is 26.2 Å². The van der Waals surface area contributed by atoms with Crippen molar-refractivity contribution >= 4 is 29.9 Å². The van der Waals surface area contributed by atoms with Crippen LogP contribution in [0, 0.1) is 5.82 Å². The van der Waals surface area contributed by atoms with Gasteiger partial charge in [0.2, 0.25) is 0 Å². The molecule has 0 saturated carbocycles. The lowest BCUT2D eigenvalue weighted by atomic mass is 10.0. The molecule has 2 N–H and O–H groups in total. The molecule has 2 aliphatic heterocycles. The predicted octanol–water partition coefficient (Wildman–Crippen LogP) is 3.25. The van der Waals surface area contributed by atoms with Gasteiger partial charge in [-0.25, -0.2) is 4.39 Å². The van der Waals surface area contributed by atoms with Gasteiger partial charge in [0.05, 0.1) is 25.8 Å². The Hall–Kier alpha value is -0.970. The number of aliphatic imine (C=N–C) groups is 1. The molecule has 1 aromatic rings. The van der Waals surface area contributed by atoms with Crippen molar-refractivity contribution in [1.29, 1.82) is 0 Å². The van der Waals surface area contributed by atoms with Crippen molar-refractivity contribution in [3.8, 4) is 0 Å². The fraction of sp³-hybridized carbons (Fsp3) is 0.696. The second kappa shape index (κ2) is 15.0. The van der Waals surface area contributed by atoms with E-state index in [1.807, 2.05) is 12.1 Å². The molecule has 8 heteroatoms. The highest BCUT2D eigenvalue weighted by Gasteiger charge is 2.22. The van der Waals surface area contributed by atoms with Gasteiger partial charge in [-0.05, 0) is 69.9 Å². The van der Waals surface area contributed by atoms with Crippen molar-refractivity contribution in [2.75, 3.05) is 65.6 Å². The molecule has 2 saturated heterocycles. The van der Waals surface area contributed by atoms with Crippen LogP contribution in [0.3, 0.4) is 0 Å². The van der Waals surface area contributed by atoms with Crippen LogP contribution in [-0.4, -0.2) is 81.3 Å². The Morgan fingerprint density at radius 3 is 2.45 bits per heavy atom. The number of nitrogens with zero attached hydrogens (tertiary/aromatic N) is 3. The number of hydrogen-bond donors (Lipinski definition) is 2. The third-order valence-corrected chi connectivity index (χ3v) is 5.90. The van der Waals surface area contributed by atoms with E-state index < -0.39 is 0 Å². The first-order valence-corrected chi connectivity index (χ1v) is 11.6. The fourth-order valence-corrected chi connectivity index (χ4v) is 4.20. The fourth-order valence-electron chi connectivity index (χ4n) is 4.20. The number of rotatable bonds is 10. The smallest absolute Gasteiger partial charge is 0.191 e. The van der Waals surface area contributed by atoms with Gasteiger partial charge in [-0.15, -0.1) is 24.0 Å². The number of guanidine groups is 1. The summed E-state index contributed by atoms with van der Waals surface area (Å²) in [5.41, 5.74) is 1.10. The van der Waals surface area contributed by atoms with Crippen LogP contribution in [0.5, 0.6) is 0 Å². The molecule has 3 rings (SSSR count). The molecular weight excluding hydrogens is 508 g/mol. The first-order chi connectivity index (χ1) is 14.8. The first kappa shape index (κ1) is 26.3. The average molecular weight is 548 g/mol. The van der Waals surface area contributed by atoms with E-state index in [0.717, 1.165) is 57.3 Å². The molecule has 0 bridgehead atoms. The number of halogens is 2. The highest BCUT2D eigenvalue weighted by molar-refractivity contribution is 14.0. The second-order valence-electron chi connectivity index (χ2n) is 8.12. The third-order valence-electron chi connectivity index (χ3n) is 5.90. The van der Waals surface area contributed by atoms with Crippen LogP contribution in [0.25, 0.3) is 0 Å². The molecule has 0 amide bonds. The SMILES string of the molecule is CCNC(=NCC(c1ccc(F)cc1)N1CCOCC1)NCCCCN1CCCC1.I. The number of morpholine rings is 1. The zero-order valence-electron chi connectivity index (χ0n) is 18.8. The largest absolute Gasteiger partial charge is 0.379 e. The summed E-state index contributed by atoms with van der Waals surface area (Å²) in [5, 5.41) is 6.84. The number of hydrogen-bond acceptors (Lipinski definition) is 4. The Morgan fingerprint density at radius 2 is 1.77 bits per heavy atom. The summed E-state index contributed by atoms with van der Waals surface area (Å²) in [4.78, 5) is 9.82. The predicted molar refractivity (Wildman–Crippen MR) is 136 cm³/mol. The molecule has 176 valence electrons. The first-order valence-electron chi connectivity index (χ1n) is 11.6. The molecule has 1 atom stereocenters. The lowest BCUT2D eigenvalue weighted by Gasteiger charge is -2.34. The van der Waals surface area contributed by atoms with E-state index in [2.05, 4.69) is 27.4 Å². The van der Waals surface area contributed by atoms with Crippen LogP contribution >= 0.6 is 24.0 Å². The summed E-state index contributed by atoms with van der Waals surface area (Å²) in [6, 6.07) is 6.96. The normalized spacial score (nSPS) is 19.1. The van der Waals surface area contributed by atoms with E-state index in [1.54, 1.807) is 0 Å². The van der Waals surface area contributed by atoms with E-state index in [1.165, 1.54) is 51.0 Å². The maximum Gasteiger partial charge on any atom is 0.191 e. The summed E-state index contributed by atoms with van der Waals surface area (Å²) in [6.45, 7) is 11.4. The molecule has 0 aliphatic carbocycles. The van der Waals surface area contributed by atoms with Crippen LogP contribution in [0.4, 0.5) is 4.39 Å². The minimum Gasteiger partial charge on any atom is -0.379 e. The van der Waals surface area contributed by atoms with E-state index in [0.29, 0.717) is 6.54 Å². The topological polar surface area (TPSA) is 52.1 Å². The Balaban J connectivity index is 0.00000341. The highest BCUT2D eigenvalue weighted by Crippen LogP contribution is 2.22. The summed E-state index contributed by atoms with van der Waals surface area (Å²) in [5.74, 6) is 0.658. The van der Waals surface area contributed by atoms with Gasteiger partial charge in [0.25, 0.3) is 0 Å². The zero-order valence-corrected chi connectivity index (χ0v) is 21.2. The molecule has 2 aliphatic rings. The third kappa shape index (κ3) is 9.19. The summed E-state index contributed by atoms with van der Waals surface area (Å²) < 4.78 is 18.9.